The van der Waals surface area contributed by atoms with Crippen LogP contribution in [0.2, 0.25) is 5.02 Å². The number of halogens is 1. The van der Waals surface area contributed by atoms with Gasteiger partial charge in [0.1, 0.15) is 0 Å². The summed E-state index contributed by atoms with van der Waals surface area (Å²) >= 11 is 5.84. The van der Waals surface area contributed by atoms with Crippen LogP contribution in [0.15, 0.2) is 48.5 Å². The zero-order valence-corrected chi connectivity index (χ0v) is 13.2. The van der Waals surface area contributed by atoms with Crippen LogP contribution in [0, 0.1) is 6.92 Å². The molecule has 4 heteroatoms. The Morgan fingerprint density at radius 2 is 1.82 bits per heavy atom. The molecule has 2 rings (SSSR count). The SMILES string of the molecule is Cc1ccc(CCC(=O)NCC(=O)c2cccc(Cl)c2)cc1. The van der Waals surface area contributed by atoms with E-state index in [0.717, 1.165) is 5.56 Å². The van der Waals surface area contributed by atoms with E-state index < -0.39 is 0 Å². The largest absolute Gasteiger partial charge is 0.349 e. The van der Waals surface area contributed by atoms with E-state index in [1.807, 2.05) is 31.2 Å². The molecule has 0 aromatic heterocycles. The van der Waals surface area contributed by atoms with Crippen molar-refractivity contribution in [1.82, 2.24) is 5.32 Å². The normalized spacial score (nSPS) is 10.3. The van der Waals surface area contributed by atoms with Crippen molar-refractivity contribution >= 4 is 23.3 Å². The van der Waals surface area contributed by atoms with E-state index in [-0.39, 0.29) is 18.2 Å². The molecule has 1 N–H and O–H groups in total. The summed E-state index contributed by atoms with van der Waals surface area (Å²) < 4.78 is 0. The summed E-state index contributed by atoms with van der Waals surface area (Å²) in [6.45, 7) is 2.02. The first-order chi connectivity index (χ1) is 10.5. The van der Waals surface area contributed by atoms with Crippen molar-refractivity contribution in [2.45, 2.75) is 19.8 Å². The predicted octanol–water partition coefficient (Wildman–Crippen LogP) is 3.58. The third-order valence-electron chi connectivity index (χ3n) is 3.35. The summed E-state index contributed by atoms with van der Waals surface area (Å²) in [6.07, 6.45) is 1.03. The van der Waals surface area contributed by atoms with Crippen LogP contribution in [0.1, 0.15) is 27.9 Å². The van der Waals surface area contributed by atoms with Crippen molar-refractivity contribution in [3.8, 4) is 0 Å². The molecule has 0 heterocycles. The molecule has 0 radical (unpaired) electrons. The first-order valence-corrected chi connectivity index (χ1v) is 7.53. The molecule has 0 unspecified atom stereocenters. The van der Waals surface area contributed by atoms with E-state index in [2.05, 4.69) is 5.32 Å². The van der Waals surface area contributed by atoms with Crippen LogP contribution >= 0.6 is 11.6 Å². The third-order valence-corrected chi connectivity index (χ3v) is 3.59. The van der Waals surface area contributed by atoms with E-state index in [0.29, 0.717) is 23.4 Å². The number of amides is 1. The average Bonchev–Trinajstić information content (AvgIpc) is 2.52. The molecule has 0 atom stereocenters. The molecule has 0 fully saturated rings. The molecule has 114 valence electrons. The zero-order chi connectivity index (χ0) is 15.9. The fourth-order valence-corrected chi connectivity index (χ4v) is 2.23. The lowest BCUT2D eigenvalue weighted by atomic mass is 10.1. The van der Waals surface area contributed by atoms with Gasteiger partial charge in [-0.3, -0.25) is 9.59 Å². The van der Waals surface area contributed by atoms with Crippen LogP contribution in [0.5, 0.6) is 0 Å². The third kappa shape index (κ3) is 5.01. The van der Waals surface area contributed by atoms with E-state index in [1.165, 1.54) is 5.56 Å². The number of nitrogens with one attached hydrogen (secondary N) is 1. The predicted molar refractivity (Wildman–Crippen MR) is 88.3 cm³/mol. The van der Waals surface area contributed by atoms with Gasteiger partial charge in [0.15, 0.2) is 5.78 Å². The summed E-state index contributed by atoms with van der Waals surface area (Å²) in [5.74, 6) is -0.276. The van der Waals surface area contributed by atoms with E-state index in [4.69, 9.17) is 11.6 Å². The van der Waals surface area contributed by atoms with Gasteiger partial charge < -0.3 is 5.32 Å². The van der Waals surface area contributed by atoms with Gasteiger partial charge in [0.25, 0.3) is 0 Å². The molecule has 1 amide bonds. The minimum Gasteiger partial charge on any atom is -0.349 e. The maximum atomic E-state index is 11.9. The summed E-state index contributed by atoms with van der Waals surface area (Å²) in [6, 6.07) is 14.8. The van der Waals surface area contributed by atoms with Gasteiger partial charge >= 0.3 is 0 Å². The fraction of sp³-hybridized carbons (Fsp3) is 0.222. The van der Waals surface area contributed by atoms with Crippen molar-refractivity contribution in [3.05, 3.63) is 70.2 Å². The second-order valence-electron chi connectivity index (χ2n) is 5.20. The molecular weight excluding hydrogens is 298 g/mol. The molecular formula is C18H18ClNO2. The Bertz CT molecular complexity index is 665. The van der Waals surface area contributed by atoms with Crippen molar-refractivity contribution in [3.63, 3.8) is 0 Å². The van der Waals surface area contributed by atoms with Crippen LogP contribution < -0.4 is 5.32 Å². The number of hydrogen-bond donors (Lipinski definition) is 1. The topological polar surface area (TPSA) is 46.2 Å². The molecule has 0 aliphatic rings. The number of carbonyl (C=O) groups excluding carboxylic acids is 2. The first kappa shape index (κ1) is 16.2. The Morgan fingerprint density at radius 1 is 1.09 bits per heavy atom. The summed E-state index contributed by atoms with van der Waals surface area (Å²) in [5, 5.41) is 3.16. The highest BCUT2D eigenvalue weighted by Crippen LogP contribution is 2.11. The van der Waals surface area contributed by atoms with E-state index in [1.54, 1.807) is 24.3 Å². The number of hydrogen-bond acceptors (Lipinski definition) is 2. The zero-order valence-electron chi connectivity index (χ0n) is 12.4. The number of aryl methyl sites for hydroxylation is 2. The average molecular weight is 316 g/mol. The number of ketones is 1. The molecule has 0 saturated heterocycles. The number of carbonyl (C=O) groups is 2. The number of rotatable bonds is 6. The molecule has 0 spiro atoms. The van der Waals surface area contributed by atoms with Gasteiger partial charge in [-0.15, -0.1) is 0 Å². The highest BCUT2D eigenvalue weighted by Gasteiger charge is 2.08. The smallest absolute Gasteiger partial charge is 0.220 e. The van der Waals surface area contributed by atoms with Gasteiger partial charge in [-0.05, 0) is 31.0 Å². The van der Waals surface area contributed by atoms with E-state index >= 15 is 0 Å². The highest BCUT2D eigenvalue weighted by atomic mass is 35.5. The highest BCUT2D eigenvalue weighted by molar-refractivity contribution is 6.31. The van der Waals surface area contributed by atoms with Gasteiger partial charge in [-0.2, -0.15) is 0 Å². The monoisotopic (exact) mass is 315 g/mol. The minimum atomic E-state index is -0.147. The summed E-state index contributed by atoms with van der Waals surface area (Å²) in [4.78, 5) is 23.7. The number of Topliss-reactive ketones (excluding diaryl/α,β-unsaturated/α-hetero) is 1. The van der Waals surface area contributed by atoms with Gasteiger partial charge in [-0.1, -0.05) is 53.6 Å². The molecule has 2 aromatic rings. The van der Waals surface area contributed by atoms with Crippen LogP contribution in [0.3, 0.4) is 0 Å². The Balaban J connectivity index is 1.78. The van der Waals surface area contributed by atoms with Gasteiger partial charge in [0.05, 0.1) is 6.54 Å². The fourth-order valence-electron chi connectivity index (χ4n) is 2.04. The lowest BCUT2D eigenvalue weighted by Crippen LogP contribution is -2.29. The Labute approximate surface area is 135 Å². The van der Waals surface area contributed by atoms with Gasteiger partial charge in [-0.25, -0.2) is 0 Å². The second kappa shape index (κ2) is 7.76. The quantitative estimate of drug-likeness (QED) is 0.828. The Hall–Kier alpha value is -2.13. The van der Waals surface area contributed by atoms with Crippen molar-refractivity contribution < 1.29 is 9.59 Å². The summed E-state index contributed by atoms with van der Waals surface area (Å²) in [5.41, 5.74) is 2.81. The number of benzene rings is 2. The lowest BCUT2D eigenvalue weighted by Gasteiger charge is -2.06. The minimum absolute atomic E-state index is 0.00687. The molecule has 2 aromatic carbocycles. The second-order valence-corrected chi connectivity index (χ2v) is 5.63. The van der Waals surface area contributed by atoms with Crippen molar-refractivity contribution in [2.24, 2.45) is 0 Å². The van der Waals surface area contributed by atoms with Crippen LogP contribution in [-0.2, 0) is 11.2 Å². The van der Waals surface area contributed by atoms with Gasteiger partial charge in [0, 0.05) is 17.0 Å². The van der Waals surface area contributed by atoms with Crippen molar-refractivity contribution in [1.29, 1.82) is 0 Å². The standard InChI is InChI=1S/C18H18ClNO2/c1-13-5-7-14(8-6-13)9-10-18(22)20-12-17(21)15-3-2-4-16(19)11-15/h2-8,11H,9-10,12H2,1H3,(H,20,22). The molecule has 3 nitrogen and oxygen atoms in total. The van der Waals surface area contributed by atoms with Crippen LogP contribution in [0.25, 0.3) is 0 Å². The van der Waals surface area contributed by atoms with E-state index in [9.17, 15) is 9.59 Å². The Kier molecular flexibility index (Phi) is 5.73. The molecule has 0 aliphatic carbocycles. The molecule has 0 saturated carbocycles. The first-order valence-electron chi connectivity index (χ1n) is 7.15. The lowest BCUT2D eigenvalue weighted by molar-refractivity contribution is -0.120. The molecule has 0 bridgehead atoms. The van der Waals surface area contributed by atoms with Crippen molar-refractivity contribution in [2.75, 3.05) is 6.54 Å². The van der Waals surface area contributed by atoms with Crippen LogP contribution in [-0.4, -0.2) is 18.2 Å². The maximum Gasteiger partial charge on any atom is 0.220 e. The molecule has 22 heavy (non-hydrogen) atoms. The molecule has 0 aliphatic heterocycles. The Morgan fingerprint density at radius 3 is 2.50 bits per heavy atom. The van der Waals surface area contributed by atoms with Gasteiger partial charge in [0.2, 0.25) is 5.91 Å². The van der Waals surface area contributed by atoms with Crippen LogP contribution in [0.4, 0.5) is 0 Å². The maximum absolute atomic E-state index is 11.9. The summed E-state index contributed by atoms with van der Waals surface area (Å²) in [7, 11) is 0.